The Morgan fingerprint density at radius 2 is 1.37 bits per heavy atom. The summed E-state index contributed by atoms with van der Waals surface area (Å²) in [4.78, 5) is 0. The van der Waals surface area contributed by atoms with Crippen LogP contribution in [0.2, 0.25) is 0 Å². The first-order chi connectivity index (χ1) is 8.90. The van der Waals surface area contributed by atoms with Gasteiger partial charge in [-0.15, -0.1) is 0 Å². The molecule has 2 unspecified atom stereocenters. The quantitative estimate of drug-likeness (QED) is 0.701. The highest BCUT2D eigenvalue weighted by Crippen LogP contribution is 2.40. The van der Waals surface area contributed by atoms with Crippen LogP contribution in [-0.2, 0) is 4.74 Å². The molecular formula is C13H19F5O. The van der Waals surface area contributed by atoms with Crippen molar-refractivity contribution in [3.05, 3.63) is 0 Å². The summed E-state index contributed by atoms with van der Waals surface area (Å²) in [5, 5.41) is 0. The first-order valence-electron chi connectivity index (χ1n) is 6.88. The zero-order valence-corrected chi connectivity index (χ0v) is 10.6. The van der Waals surface area contributed by atoms with Crippen LogP contribution in [0.4, 0.5) is 22.0 Å². The minimum absolute atomic E-state index is 0.365. The van der Waals surface area contributed by atoms with E-state index in [2.05, 4.69) is 4.74 Å². The van der Waals surface area contributed by atoms with Gasteiger partial charge in [0.25, 0.3) is 0 Å². The number of hydrogen-bond acceptors (Lipinski definition) is 1. The van der Waals surface area contributed by atoms with E-state index in [9.17, 15) is 22.0 Å². The molecule has 6 heteroatoms. The van der Waals surface area contributed by atoms with E-state index in [4.69, 9.17) is 0 Å². The summed E-state index contributed by atoms with van der Waals surface area (Å²) < 4.78 is 71.6. The summed E-state index contributed by atoms with van der Waals surface area (Å²) in [6, 6.07) is 0. The first-order valence-corrected chi connectivity index (χ1v) is 6.88. The zero-order chi connectivity index (χ0) is 14.0. The van der Waals surface area contributed by atoms with Crippen LogP contribution in [0.25, 0.3) is 0 Å². The van der Waals surface area contributed by atoms with Gasteiger partial charge in [0, 0.05) is 12.8 Å². The normalized spacial score (nSPS) is 38.4. The monoisotopic (exact) mass is 286 g/mol. The van der Waals surface area contributed by atoms with Gasteiger partial charge in [0.15, 0.2) is 6.17 Å². The van der Waals surface area contributed by atoms with Crippen molar-refractivity contribution in [2.24, 2.45) is 5.92 Å². The van der Waals surface area contributed by atoms with Crippen LogP contribution in [0, 0.1) is 5.92 Å². The van der Waals surface area contributed by atoms with E-state index in [0.29, 0.717) is 12.8 Å². The van der Waals surface area contributed by atoms with Crippen LogP contribution in [0.5, 0.6) is 0 Å². The van der Waals surface area contributed by atoms with Crippen LogP contribution in [0.1, 0.15) is 44.9 Å². The Labute approximate surface area is 109 Å². The van der Waals surface area contributed by atoms with Gasteiger partial charge in [-0.1, -0.05) is 19.3 Å². The van der Waals surface area contributed by atoms with Gasteiger partial charge in [0.05, 0.1) is 12.0 Å². The maximum absolute atomic E-state index is 13.9. The van der Waals surface area contributed by atoms with Crippen LogP contribution in [-0.4, -0.2) is 30.7 Å². The molecule has 19 heavy (non-hydrogen) atoms. The molecule has 112 valence electrons. The Morgan fingerprint density at radius 1 is 0.842 bits per heavy atom. The summed E-state index contributed by atoms with van der Waals surface area (Å²) in [5.41, 5.74) is 0. The fourth-order valence-electron chi connectivity index (χ4n) is 2.94. The summed E-state index contributed by atoms with van der Waals surface area (Å²) in [7, 11) is 0. The van der Waals surface area contributed by atoms with E-state index in [1.807, 2.05) is 0 Å². The van der Waals surface area contributed by atoms with Crippen molar-refractivity contribution < 1.29 is 26.7 Å². The van der Waals surface area contributed by atoms with Gasteiger partial charge in [-0.25, -0.2) is 13.2 Å². The molecule has 0 radical (unpaired) electrons. The Morgan fingerprint density at radius 3 is 1.89 bits per heavy atom. The van der Waals surface area contributed by atoms with Crippen molar-refractivity contribution in [3.63, 3.8) is 0 Å². The molecule has 1 nitrogen and oxygen atoms in total. The Kier molecular flexibility index (Phi) is 4.69. The highest BCUT2D eigenvalue weighted by atomic mass is 19.3. The van der Waals surface area contributed by atoms with Gasteiger partial charge in [-0.05, 0) is 12.8 Å². The molecule has 0 N–H and O–H groups in total. The molecule has 2 aliphatic rings. The molecule has 2 fully saturated rings. The lowest BCUT2D eigenvalue weighted by Crippen LogP contribution is -2.45. The molecule has 0 heterocycles. The molecule has 0 aromatic rings. The molecular weight excluding hydrogens is 267 g/mol. The number of rotatable bonds is 3. The molecule has 2 atom stereocenters. The van der Waals surface area contributed by atoms with Gasteiger partial charge < -0.3 is 4.74 Å². The minimum atomic E-state index is -3.37. The predicted octanol–water partition coefficient (Wildman–Crippen LogP) is 4.35. The average molecular weight is 286 g/mol. The second kappa shape index (κ2) is 5.94. The zero-order valence-electron chi connectivity index (χ0n) is 10.6. The van der Waals surface area contributed by atoms with E-state index >= 15 is 0 Å². The van der Waals surface area contributed by atoms with Gasteiger partial charge in [-0.2, -0.15) is 8.78 Å². The fraction of sp³-hybridized carbons (Fsp3) is 1.00. The standard InChI is InChI=1S/C13H19F5O/c14-10-6-9(7-11(15)12(10)16)19-13(17,18)8-4-2-1-3-5-8/h8-12H,1-7H2. The highest BCUT2D eigenvalue weighted by molar-refractivity contribution is 4.88. The third kappa shape index (κ3) is 3.58. The Bertz CT molecular complexity index is 281. The van der Waals surface area contributed by atoms with Crippen LogP contribution >= 0.6 is 0 Å². The largest absolute Gasteiger partial charge is 0.358 e. The summed E-state index contributed by atoms with van der Waals surface area (Å²) in [5.74, 6) is -0.888. The summed E-state index contributed by atoms with van der Waals surface area (Å²) >= 11 is 0. The van der Waals surface area contributed by atoms with E-state index in [0.717, 1.165) is 19.3 Å². The smallest absolute Gasteiger partial charge is 0.317 e. The lowest BCUT2D eigenvalue weighted by Gasteiger charge is -2.36. The topological polar surface area (TPSA) is 9.23 Å². The molecule has 2 saturated carbocycles. The number of halogens is 5. The van der Waals surface area contributed by atoms with Crippen molar-refractivity contribution >= 4 is 0 Å². The molecule has 0 aromatic heterocycles. The first kappa shape index (κ1) is 15.0. The van der Waals surface area contributed by atoms with Crippen molar-refractivity contribution in [1.29, 1.82) is 0 Å². The van der Waals surface area contributed by atoms with Gasteiger partial charge >= 0.3 is 6.11 Å². The van der Waals surface area contributed by atoms with Crippen LogP contribution in [0.15, 0.2) is 0 Å². The third-order valence-corrected chi connectivity index (χ3v) is 4.07. The summed E-state index contributed by atoms with van der Waals surface area (Å²) in [6.45, 7) is 0. The fourth-order valence-corrected chi connectivity index (χ4v) is 2.94. The van der Waals surface area contributed by atoms with Gasteiger partial charge in [-0.3, -0.25) is 0 Å². The Balaban J connectivity index is 1.92. The minimum Gasteiger partial charge on any atom is -0.317 e. The summed E-state index contributed by atoms with van der Waals surface area (Å²) in [6.07, 6.45) is -8.84. The lowest BCUT2D eigenvalue weighted by molar-refractivity contribution is -0.305. The molecule has 0 amide bonds. The maximum Gasteiger partial charge on any atom is 0.358 e. The van der Waals surface area contributed by atoms with Gasteiger partial charge in [0.2, 0.25) is 0 Å². The van der Waals surface area contributed by atoms with Crippen LogP contribution < -0.4 is 0 Å². The van der Waals surface area contributed by atoms with Gasteiger partial charge in [0.1, 0.15) is 12.3 Å². The van der Waals surface area contributed by atoms with E-state index < -0.39 is 49.5 Å². The third-order valence-electron chi connectivity index (χ3n) is 4.07. The highest BCUT2D eigenvalue weighted by Gasteiger charge is 2.47. The molecule has 0 bridgehead atoms. The maximum atomic E-state index is 13.9. The molecule has 2 rings (SSSR count). The molecule has 0 aromatic carbocycles. The van der Waals surface area contributed by atoms with E-state index in [1.54, 1.807) is 0 Å². The van der Waals surface area contributed by atoms with E-state index in [-0.39, 0.29) is 0 Å². The van der Waals surface area contributed by atoms with E-state index in [1.165, 1.54) is 0 Å². The number of alkyl halides is 5. The van der Waals surface area contributed by atoms with Crippen molar-refractivity contribution in [2.75, 3.05) is 0 Å². The predicted molar refractivity (Wildman–Crippen MR) is 60.3 cm³/mol. The molecule has 0 aliphatic heterocycles. The second-order valence-corrected chi connectivity index (χ2v) is 5.58. The SMILES string of the molecule is FC1CC(OC(F)(F)C2CCCCC2)CC(F)C1F. The van der Waals surface area contributed by atoms with Crippen molar-refractivity contribution in [3.8, 4) is 0 Å². The number of ether oxygens (including phenoxy) is 1. The molecule has 0 spiro atoms. The molecule has 0 saturated heterocycles. The Hall–Kier alpha value is -0.390. The van der Waals surface area contributed by atoms with Crippen molar-refractivity contribution in [2.45, 2.75) is 75.7 Å². The lowest BCUT2D eigenvalue weighted by atomic mass is 9.88. The average Bonchev–Trinajstić information content (AvgIpc) is 2.36. The number of hydrogen-bond donors (Lipinski definition) is 0. The molecule has 2 aliphatic carbocycles. The second-order valence-electron chi connectivity index (χ2n) is 5.58. The van der Waals surface area contributed by atoms with Crippen molar-refractivity contribution in [1.82, 2.24) is 0 Å². The van der Waals surface area contributed by atoms with Crippen LogP contribution in [0.3, 0.4) is 0 Å².